The van der Waals surface area contributed by atoms with Crippen molar-refractivity contribution < 1.29 is 4.79 Å². The number of nitrogens with two attached hydrogens (primary N) is 1. The number of hydrogen-bond donors (Lipinski definition) is 3. The zero-order valence-corrected chi connectivity index (χ0v) is 12.3. The van der Waals surface area contributed by atoms with Gasteiger partial charge in [0.1, 0.15) is 0 Å². The Bertz CT molecular complexity index is 842. The molecule has 4 N–H and O–H groups in total. The maximum atomic E-state index is 12.4. The molecule has 1 heterocycles. The van der Waals surface area contributed by atoms with Crippen molar-refractivity contribution in [1.29, 1.82) is 0 Å². The minimum Gasteiger partial charge on any atom is -0.399 e. The van der Waals surface area contributed by atoms with Crippen molar-refractivity contribution in [2.45, 2.75) is 0 Å². The average Bonchev–Trinajstić information content (AvgIpc) is 2.86. The lowest BCUT2D eigenvalue weighted by atomic mass is 10.1. The monoisotopic (exact) mass is 319 g/mol. The van der Waals surface area contributed by atoms with Gasteiger partial charge in [0.2, 0.25) is 0 Å². The molecule has 3 aromatic rings. The molecule has 0 spiro atoms. The van der Waals surface area contributed by atoms with Crippen LogP contribution in [-0.4, -0.2) is 10.9 Å². The number of aromatic amines is 1. The van der Waals surface area contributed by atoms with Gasteiger partial charge in [0.15, 0.2) is 0 Å². The van der Waals surface area contributed by atoms with E-state index in [0.29, 0.717) is 27.0 Å². The fraction of sp³-hybridized carbons (Fsp3) is 0. The van der Waals surface area contributed by atoms with E-state index in [4.69, 9.17) is 28.9 Å². The van der Waals surface area contributed by atoms with Crippen LogP contribution in [0, 0.1) is 0 Å². The lowest BCUT2D eigenvalue weighted by molar-refractivity contribution is 0.102. The minimum atomic E-state index is -0.268. The fourth-order valence-electron chi connectivity index (χ4n) is 2.12. The highest BCUT2D eigenvalue weighted by atomic mass is 35.5. The number of aromatic nitrogens is 1. The first kappa shape index (κ1) is 13.8. The van der Waals surface area contributed by atoms with E-state index >= 15 is 0 Å². The lowest BCUT2D eigenvalue weighted by Gasteiger charge is -2.07. The van der Waals surface area contributed by atoms with Crippen molar-refractivity contribution >= 4 is 51.4 Å². The number of anilines is 2. The second-order valence-corrected chi connectivity index (χ2v) is 5.35. The van der Waals surface area contributed by atoms with Crippen molar-refractivity contribution in [3.63, 3.8) is 0 Å². The molecular formula is C15H11Cl2N3O. The van der Waals surface area contributed by atoms with Crippen molar-refractivity contribution in [1.82, 2.24) is 4.98 Å². The molecule has 0 saturated heterocycles. The van der Waals surface area contributed by atoms with Crippen molar-refractivity contribution in [3.8, 4) is 0 Å². The Morgan fingerprint density at radius 2 is 2.00 bits per heavy atom. The highest BCUT2D eigenvalue weighted by molar-refractivity contribution is 6.44. The second-order valence-electron chi connectivity index (χ2n) is 4.56. The van der Waals surface area contributed by atoms with E-state index in [1.165, 1.54) is 0 Å². The summed E-state index contributed by atoms with van der Waals surface area (Å²) in [6, 6.07) is 10.4. The van der Waals surface area contributed by atoms with E-state index in [2.05, 4.69) is 10.3 Å². The van der Waals surface area contributed by atoms with Gasteiger partial charge in [-0.25, -0.2) is 0 Å². The Morgan fingerprint density at radius 3 is 2.81 bits per heavy atom. The quantitative estimate of drug-likeness (QED) is 0.616. The molecular weight excluding hydrogens is 309 g/mol. The van der Waals surface area contributed by atoms with Crippen LogP contribution < -0.4 is 11.1 Å². The number of carbonyl (C=O) groups excluding carboxylic acids is 1. The molecule has 0 bridgehead atoms. The largest absolute Gasteiger partial charge is 0.399 e. The van der Waals surface area contributed by atoms with Crippen LogP contribution in [0.4, 0.5) is 11.4 Å². The summed E-state index contributed by atoms with van der Waals surface area (Å²) in [6.45, 7) is 0. The number of fused-ring (bicyclic) bond motifs is 1. The number of H-pyrrole nitrogens is 1. The van der Waals surface area contributed by atoms with Gasteiger partial charge < -0.3 is 16.0 Å². The van der Waals surface area contributed by atoms with Gasteiger partial charge in [0.25, 0.3) is 5.91 Å². The van der Waals surface area contributed by atoms with Gasteiger partial charge in [-0.15, -0.1) is 0 Å². The Morgan fingerprint density at radius 1 is 1.19 bits per heavy atom. The summed E-state index contributed by atoms with van der Waals surface area (Å²) in [7, 11) is 0. The van der Waals surface area contributed by atoms with Gasteiger partial charge in [-0.1, -0.05) is 29.3 Å². The number of benzene rings is 2. The third-order valence-electron chi connectivity index (χ3n) is 3.15. The zero-order chi connectivity index (χ0) is 15.0. The Hall–Kier alpha value is -2.17. The summed E-state index contributed by atoms with van der Waals surface area (Å²) in [5.41, 5.74) is 8.14. The maximum absolute atomic E-state index is 12.4. The first-order chi connectivity index (χ1) is 10.1. The van der Waals surface area contributed by atoms with Crippen LogP contribution in [-0.2, 0) is 0 Å². The van der Waals surface area contributed by atoms with Crippen molar-refractivity contribution in [2.75, 3.05) is 11.1 Å². The molecule has 3 rings (SSSR count). The van der Waals surface area contributed by atoms with Gasteiger partial charge in [0.05, 0.1) is 21.3 Å². The number of nitrogen functional groups attached to an aromatic ring is 1. The summed E-state index contributed by atoms with van der Waals surface area (Å²) in [6.07, 6.45) is 1.64. The highest BCUT2D eigenvalue weighted by Crippen LogP contribution is 2.30. The predicted octanol–water partition coefficient (Wildman–Crippen LogP) is 4.31. The first-order valence-electron chi connectivity index (χ1n) is 6.18. The van der Waals surface area contributed by atoms with Crippen LogP contribution in [0.15, 0.2) is 42.6 Å². The molecule has 0 unspecified atom stereocenters. The summed E-state index contributed by atoms with van der Waals surface area (Å²) < 4.78 is 0. The van der Waals surface area contributed by atoms with Gasteiger partial charge in [-0.2, -0.15) is 0 Å². The minimum absolute atomic E-state index is 0.268. The molecule has 106 valence electrons. The summed E-state index contributed by atoms with van der Waals surface area (Å²) in [5, 5.41) is 4.25. The number of rotatable bonds is 2. The predicted molar refractivity (Wildman–Crippen MR) is 87.1 cm³/mol. The molecule has 4 nitrogen and oxygen atoms in total. The maximum Gasteiger partial charge on any atom is 0.257 e. The molecule has 0 aliphatic carbocycles. The molecule has 0 atom stereocenters. The van der Waals surface area contributed by atoms with Crippen LogP contribution in [0.25, 0.3) is 10.9 Å². The average molecular weight is 320 g/mol. The molecule has 0 aliphatic heterocycles. The Balaban J connectivity index is 1.96. The number of hydrogen-bond acceptors (Lipinski definition) is 2. The van der Waals surface area contributed by atoms with Gasteiger partial charge in [-0.05, 0) is 30.3 Å². The number of nitrogens with one attached hydrogen (secondary N) is 2. The van der Waals surface area contributed by atoms with Crippen LogP contribution in [0.3, 0.4) is 0 Å². The molecule has 0 fully saturated rings. The first-order valence-corrected chi connectivity index (χ1v) is 6.94. The molecule has 0 saturated carbocycles. The summed E-state index contributed by atoms with van der Waals surface area (Å²) >= 11 is 12.0. The molecule has 2 aromatic carbocycles. The third-order valence-corrected chi connectivity index (χ3v) is 3.97. The van der Waals surface area contributed by atoms with Gasteiger partial charge in [-0.3, -0.25) is 4.79 Å². The van der Waals surface area contributed by atoms with E-state index in [1.807, 2.05) is 0 Å². The number of amides is 1. The third kappa shape index (κ3) is 2.55. The molecule has 21 heavy (non-hydrogen) atoms. The zero-order valence-electron chi connectivity index (χ0n) is 10.8. The van der Waals surface area contributed by atoms with E-state index in [-0.39, 0.29) is 5.91 Å². The van der Waals surface area contributed by atoms with E-state index < -0.39 is 0 Å². The van der Waals surface area contributed by atoms with E-state index in [9.17, 15) is 4.79 Å². The Labute approximate surface area is 130 Å². The SMILES string of the molecule is Nc1ccc2c(C(=O)Nc3cccc(Cl)c3Cl)c[nH]c2c1. The summed E-state index contributed by atoms with van der Waals surface area (Å²) in [5.74, 6) is -0.268. The molecule has 1 aromatic heterocycles. The van der Waals surface area contributed by atoms with Crippen LogP contribution in [0.5, 0.6) is 0 Å². The highest BCUT2D eigenvalue weighted by Gasteiger charge is 2.14. The van der Waals surface area contributed by atoms with E-state index in [0.717, 1.165) is 10.9 Å². The smallest absolute Gasteiger partial charge is 0.257 e. The normalized spacial score (nSPS) is 10.8. The van der Waals surface area contributed by atoms with Crippen LogP contribution in [0.2, 0.25) is 10.0 Å². The molecule has 0 radical (unpaired) electrons. The van der Waals surface area contributed by atoms with Crippen molar-refractivity contribution in [2.24, 2.45) is 0 Å². The molecule has 0 aliphatic rings. The standard InChI is InChI=1S/C15H11Cl2N3O/c16-11-2-1-3-12(14(11)17)20-15(21)10-7-19-13-6-8(18)4-5-9(10)13/h1-7,19H,18H2,(H,20,21). The topological polar surface area (TPSA) is 70.9 Å². The number of carbonyl (C=O) groups is 1. The molecule has 6 heteroatoms. The van der Waals surface area contributed by atoms with Crippen LogP contribution in [0.1, 0.15) is 10.4 Å². The van der Waals surface area contributed by atoms with Gasteiger partial charge in [0, 0.05) is 22.8 Å². The van der Waals surface area contributed by atoms with Crippen molar-refractivity contribution in [3.05, 3.63) is 58.2 Å². The Kier molecular flexibility index (Phi) is 3.49. The van der Waals surface area contributed by atoms with Gasteiger partial charge >= 0.3 is 0 Å². The summed E-state index contributed by atoms with van der Waals surface area (Å²) in [4.78, 5) is 15.4. The fourth-order valence-corrected chi connectivity index (χ4v) is 2.47. The van der Waals surface area contributed by atoms with Crippen LogP contribution >= 0.6 is 23.2 Å². The lowest BCUT2D eigenvalue weighted by Crippen LogP contribution is -2.11. The number of halogens is 2. The second kappa shape index (κ2) is 5.31. The molecule has 1 amide bonds. The van der Waals surface area contributed by atoms with E-state index in [1.54, 1.807) is 42.6 Å².